The molecule has 0 saturated carbocycles. The Morgan fingerprint density at radius 1 is 1.31 bits per heavy atom. The van der Waals surface area contributed by atoms with Crippen LogP contribution in [0.5, 0.6) is 5.75 Å². The Morgan fingerprint density at radius 2 is 2.03 bits per heavy atom. The molecule has 0 amide bonds. The van der Waals surface area contributed by atoms with Crippen molar-refractivity contribution in [1.29, 1.82) is 0 Å². The molecule has 0 aromatic heterocycles. The van der Waals surface area contributed by atoms with Crippen LogP contribution in [0.1, 0.15) is 83.3 Å². The molecule has 32 heavy (non-hydrogen) atoms. The van der Waals surface area contributed by atoms with E-state index in [9.17, 15) is 25.1 Å². The summed E-state index contributed by atoms with van der Waals surface area (Å²) in [6.45, 7) is 8.13. The largest absolute Gasteiger partial charge is 0.485 e. The number of carboxylic acids is 1. The highest BCUT2D eigenvalue weighted by atomic mass is 16.9. The number of rotatable bonds is 9. The zero-order chi connectivity index (χ0) is 23.7. The van der Waals surface area contributed by atoms with E-state index in [1.54, 1.807) is 6.08 Å². The maximum atomic E-state index is 11.6. The van der Waals surface area contributed by atoms with Gasteiger partial charge in [0.1, 0.15) is 17.0 Å². The van der Waals surface area contributed by atoms with Gasteiger partial charge in [0.05, 0.1) is 6.61 Å². The van der Waals surface area contributed by atoms with Gasteiger partial charge in [0.25, 0.3) is 5.09 Å². The molecule has 1 heterocycles. The third-order valence-corrected chi connectivity index (χ3v) is 7.16. The Bertz CT molecular complexity index is 921. The van der Waals surface area contributed by atoms with Gasteiger partial charge in [-0.15, -0.1) is 10.1 Å². The summed E-state index contributed by atoms with van der Waals surface area (Å²) in [6.07, 6.45) is 5.39. The van der Waals surface area contributed by atoms with Crippen LogP contribution in [0.25, 0.3) is 0 Å². The number of benzene rings is 1. The van der Waals surface area contributed by atoms with E-state index >= 15 is 0 Å². The second-order valence-electron chi connectivity index (χ2n) is 10.0. The highest BCUT2D eigenvalue weighted by Gasteiger charge is 2.56. The van der Waals surface area contributed by atoms with Crippen LogP contribution in [0.15, 0.2) is 29.8 Å². The van der Waals surface area contributed by atoms with Crippen LogP contribution in [0, 0.1) is 10.1 Å². The fourth-order valence-corrected chi connectivity index (χ4v) is 4.92. The first-order valence-electron chi connectivity index (χ1n) is 11.1. The van der Waals surface area contributed by atoms with Crippen LogP contribution in [0.4, 0.5) is 0 Å². The lowest BCUT2D eigenvalue weighted by atomic mass is 9.63. The van der Waals surface area contributed by atoms with E-state index in [4.69, 9.17) is 4.74 Å². The van der Waals surface area contributed by atoms with Crippen LogP contribution in [-0.4, -0.2) is 39.1 Å². The second kappa shape index (κ2) is 8.73. The Hall–Kier alpha value is -2.61. The lowest BCUT2D eigenvalue weighted by molar-refractivity contribution is -0.757. The molecule has 8 nitrogen and oxygen atoms in total. The van der Waals surface area contributed by atoms with Crippen molar-refractivity contribution in [3.8, 4) is 5.75 Å². The Morgan fingerprint density at radius 3 is 2.69 bits per heavy atom. The number of ether oxygens (including phenoxy) is 1. The van der Waals surface area contributed by atoms with E-state index in [0.717, 1.165) is 30.4 Å². The van der Waals surface area contributed by atoms with Gasteiger partial charge in [0.15, 0.2) is 0 Å². The van der Waals surface area contributed by atoms with Gasteiger partial charge in [-0.25, -0.2) is 4.79 Å². The Labute approximate surface area is 188 Å². The Balaban J connectivity index is 1.78. The van der Waals surface area contributed by atoms with Crippen LogP contribution in [0.3, 0.4) is 0 Å². The van der Waals surface area contributed by atoms with Gasteiger partial charge >= 0.3 is 5.97 Å². The summed E-state index contributed by atoms with van der Waals surface area (Å²) in [6, 6.07) is 6.02. The molecule has 0 unspecified atom stereocenters. The summed E-state index contributed by atoms with van der Waals surface area (Å²) in [5.41, 5.74) is 0.0823. The van der Waals surface area contributed by atoms with Crippen molar-refractivity contribution in [2.75, 3.05) is 6.61 Å². The molecule has 0 fully saturated rings. The van der Waals surface area contributed by atoms with Crippen LogP contribution >= 0.6 is 0 Å². The van der Waals surface area contributed by atoms with Crippen molar-refractivity contribution in [1.82, 2.24) is 0 Å². The number of aliphatic carboxylic acids is 1. The molecule has 2 aliphatic rings. The molecule has 0 spiro atoms. The third-order valence-electron chi connectivity index (χ3n) is 7.16. The summed E-state index contributed by atoms with van der Waals surface area (Å²) >= 11 is 0. The highest BCUT2D eigenvalue weighted by Crippen LogP contribution is 2.54. The summed E-state index contributed by atoms with van der Waals surface area (Å²) in [7, 11) is 0. The molecule has 1 aliphatic carbocycles. The molecule has 1 aliphatic heterocycles. The molecule has 0 radical (unpaired) electrons. The number of unbranched alkanes of at least 4 members (excludes halogenated alkanes) is 2. The molecule has 2 N–H and O–H groups in total. The smallest absolute Gasteiger partial charge is 0.331 e. The van der Waals surface area contributed by atoms with Gasteiger partial charge in [0, 0.05) is 17.1 Å². The SMILES string of the molecule is CC(C)(CCCCCO[N+](=O)[O-])c1ccc2c(c1)OC(C)(C)[C@@]1(O)CC=C(C(=O)O)C[C@H]21. The maximum Gasteiger partial charge on any atom is 0.331 e. The molecule has 1 aromatic carbocycles. The van der Waals surface area contributed by atoms with E-state index in [2.05, 4.69) is 18.7 Å². The van der Waals surface area contributed by atoms with Gasteiger partial charge in [-0.05, 0) is 56.6 Å². The molecule has 0 bridgehead atoms. The summed E-state index contributed by atoms with van der Waals surface area (Å²) in [4.78, 5) is 26.2. The average molecular weight is 448 g/mol. The minimum atomic E-state index is -1.18. The maximum absolute atomic E-state index is 11.6. The van der Waals surface area contributed by atoms with Gasteiger partial charge in [-0.3, -0.25) is 0 Å². The predicted octanol–water partition coefficient (Wildman–Crippen LogP) is 4.52. The zero-order valence-corrected chi connectivity index (χ0v) is 19.2. The molecule has 1 aromatic rings. The predicted molar refractivity (Wildman–Crippen MR) is 118 cm³/mol. The summed E-state index contributed by atoms with van der Waals surface area (Å²) in [5, 5.41) is 30.4. The molecule has 0 saturated heterocycles. The number of hydrogen-bond acceptors (Lipinski definition) is 6. The molecule has 8 heteroatoms. The minimum absolute atomic E-state index is 0.117. The van der Waals surface area contributed by atoms with E-state index in [1.807, 2.05) is 32.0 Å². The van der Waals surface area contributed by atoms with Gasteiger partial charge in [0.2, 0.25) is 0 Å². The van der Waals surface area contributed by atoms with E-state index in [1.165, 1.54) is 0 Å². The number of fused-ring (bicyclic) bond motifs is 3. The van der Waals surface area contributed by atoms with Crippen molar-refractivity contribution in [3.63, 3.8) is 0 Å². The first-order valence-corrected chi connectivity index (χ1v) is 11.1. The normalized spacial score (nSPS) is 23.9. The number of carboxylic acid groups (broad SMARTS) is 1. The topological polar surface area (TPSA) is 119 Å². The van der Waals surface area contributed by atoms with Crippen LogP contribution < -0.4 is 4.74 Å². The first kappa shape index (κ1) is 24.0. The van der Waals surface area contributed by atoms with E-state index in [0.29, 0.717) is 17.7 Å². The molecular formula is C24H33NO7. The lowest BCUT2D eigenvalue weighted by Gasteiger charge is -2.53. The fraction of sp³-hybridized carbons (Fsp3) is 0.625. The third kappa shape index (κ3) is 4.60. The quantitative estimate of drug-likeness (QED) is 0.324. The number of aliphatic hydroxyl groups is 1. The van der Waals surface area contributed by atoms with Crippen molar-refractivity contribution in [2.45, 2.75) is 88.8 Å². The zero-order valence-electron chi connectivity index (χ0n) is 19.2. The number of carbonyl (C=O) groups is 1. The van der Waals surface area contributed by atoms with Gasteiger partial charge in [-0.1, -0.05) is 44.9 Å². The van der Waals surface area contributed by atoms with E-state index < -0.39 is 22.3 Å². The number of hydrogen-bond donors (Lipinski definition) is 2. The van der Waals surface area contributed by atoms with Crippen molar-refractivity contribution < 1.29 is 29.7 Å². The highest BCUT2D eigenvalue weighted by molar-refractivity contribution is 5.87. The molecule has 3 rings (SSSR count). The lowest BCUT2D eigenvalue weighted by Crippen LogP contribution is -2.61. The van der Waals surface area contributed by atoms with E-state index in [-0.39, 0.29) is 30.8 Å². The first-order chi connectivity index (χ1) is 14.9. The van der Waals surface area contributed by atoms with Crippen molar-refractivity contribution >= 4 is 5.97 Å². The van der Waals surface area contributed by atoms with Crippen molar-refractivity contribution in [3.05, 3.63) is 51.1 Å². The second-order valence-corrected chi connectivity index (χ2v) is 10.0. The van der Waals surface area contributed by atoms with Crippen LogP contribution in [-0.2, 0) is 15.0 Å². The standard InChI is InChI=1S/C24H33NO7/c1-22(2,11-6-5-7-13-31-25(29)30)17-8-9-18-19-14-16(21(26)27)10-12-24(19,28)23(3,4)32-20(18)15-17/h8-10,15,19,28H,5-7,11-14H2,1-4H3,(H,26,27)/t19-,24-/m1/s1. The summed E-state index contributed by atoms with van der Waals surface area (Å²) in [5.74, 6) is -0.600. The average Bonchev–Trinajstić information content (AvgIpc) is 2.69. The monoisotopic (exact) mass is 447 g/mol. The minimum Gasteiger partial charge on any atom is -0.485 e. The fourth-order valence-electron chi connectivity index (χ4n) is 4.92. The van der Waals surface area contributed by atoms with Crippen LogP contribution in [0.2, 0.25) is 0 Å². The van der Waals surface area contributed by atoms with Gasteiger partial charge in [-0.2, -0.15) is 0 Å². The van der Waals surface area contributed by atoms with Gasteiger partial charge < -0.3 is 19.8 Å². The summed E-state index contributed by atoms with van der Waals surface area (Å²) < 4.78 is 6.30. The molecular weight excluding hydrogens is 414 g/mol. The Kier molecular flexibility index (Phi) is 6.56. The number of nitrogens with zero attached hydrogens (tertiary/aromatic N) is 1. The van der Waals surface area contributed by atoms with Crippen molar-refractivity contribution in [2.24, 2.45) is 0 Å². The molecule has 176 valence electrons. The molecule has 2 atom stereocenters.